The van der Waals surface area contributed by atoms with Crippen LogP contribution in [0.5, 0.6) is 0 Å². The molecule has 2 unspecified atom stereocenters. The minimum absolute atomic E-state index is 0.0342. The molecular formula is C13H24N2OS. The van der Waals surface area contributed by atoms with Gasteiger partial charge in [0.15, 0.2) is 0 Å². The van der Waals surface area contributed by atoms with Crippen molar-refractivity contribution in [3.63, 3.8) is 0 Å². The Morgan fingerprint density at radius 3 is 2.76 bits per heavy atom. The molecule has 1 aliphatic rings. The predicted octanol–water partition coefficient (Wildman–Crippen LogP) is 3.05. The van der Waals surface area contributed by atoms with Gasteiger partial charge >= 0.3 is 0 Å². The van der Waals surface area contributed by atoms with Gasteiger partial charge in [0.1, 0.15) is 0 Å². The van der Waals surface area contributed by atoms with Gasteiger partial charge in [0.05, 0.1) is 0 Å². The third-order valence-corrected chi connectivity index (χ3v) is 3.60. The fraction of sp³-hybridized carbons (Fsp3) is 0.769. The highest BCUT2D eigenvalue weighted by Gasteiger charge is 2.23. The van der Waals surface area contributed by atoms with Crippen LogP contribution in [0.1, 0.15) is 46.5 Å². The lowest BCUT2D eigenvalue weighted by atomic mass is 9.97. The number of nitrogens with two attached hydrogens (primary N) is 1. The summed E-state index contributed by atoms with van der Waals surface area (Å²) >= 11 is 1.33. The molecule has 0 bridgehead atoms. The second-order valence-corrected chi connectivity index (χ2v) is 7.35. The summed E-state index contributed by atoms with van der Waals surface area (Å²) in [6, 6.07) is 0.151. The summed E-state index contributed by atoms with van der Waals surface area (Å²) in [5, 5.41) is 3.07. The largest absolute Gasteiger partial charge is 0.342 e. The molecule has 0 saturated carbocycles. The van der Waals surface area contributed by atoms with Crippen molar-refractivity contribution >= 4 is 17.0 Å². The van der Waals surface area contributed by atoms with E-state index in [-0.39, 0.29) is 22.1 Å². The second kappa shape index (κ2) is 6.45. The van der Waals surface area contributed by atoms with Crippen LogP contribution in [0.4, 0.5) is 4.79 Å². The SMILES string of the molecule is CC(C)(C)SC(=O)NC1C/C=C/CCCC1N. The van der Waals surface area contributed by atoms with Crippen LogP contribution < -0.4 is 11.1 Å². The van der Waals surface area contributed by atoms with Crippen molar-refractivity contribution in [1.82, 2.24) is 5.32 Å². The predicted molar refractivity (Wildman–Crippen MR) is 75.2 cm³/mol. The molecule has 2 atom stereocenters. The molecule has 0 saturated heterocycles. The maximum absolute atomic E-state index is 11.8. The van der Waals surface area contributed by atoms with E-state index in [2.05, 4.69) is 17.5 Å². The minimum Gasteiger partial charge on any atom is -0.342 e. The van der Waals surface area contributed by atoms with E-state index in [1.54, 1.807) is 0 Å². The topological polar surface area (TPSA) is 55.1 Å². The van der Waals surface area contributed by atoms with Crippen molar-refractivity contribution in [3.8, 4) is 0 Å². The molecular weight excluding hydrogens is 232 g/mol. The van der Waals surface area contributed by atoms with E-state index in [9.17, 15) is 4.79 Å². The molecule has 98 valence electrons. The smallest absolute Gasteiger partial charge is 0.279 e. The summed E-state index contributed by atoms with van der Waals surface area (Å²) < 4.78 is -0.0500. The molecule has 0 spiro atoms. The molecule has 1 rings (SSSR count). The number of carbonyl (C=O) groups excluding carboxylic acids is 1. The quantitative estimate of drug-likeness (QED) is 0.709. The lowest BCUT2D eigenvalue weighted by Crippen LogP contribution is -2.47. The van der Waals surface area contributed by atoms with Crippen LogP contribution >= 0.6 is 11.8 Å². The summed E-state index contributed by atoms with van der Waals surface area (Å²) in [5.41, 5.74) is 6.10. The summed E-state index contributed by atoms with van der Waals surface area (Å²) in [7, 11) is 0. The first kappa shape index (κ1) is 14.6. The molecule has 0 aromatic carbocycles. The van der Waals surface area contributed by atoms with Gasteiger partial charge in [-0.3, -0.25) is 4.79 Å². The Balaban J connectivity index is 2.49. The van der Waals surface area contributed by atoms with Crippen molar-refractivity contribution in [3.05, 3.63) is 12.2 Å². The van der Waals surface area contributed by atoms with E-state index in [0.717, 1.165) is 25.7 Å². The normalized spacial score (nSPS) is 28.0. The van der Waals surface area contributed by atoms with Crippen LogP contribution in [0.25, 0.3) is 0 Å². The number of hydrogen-bond donors (Lipinski definition) is 2. The van der Waals surface area contributed by atoms with Crippen molar-refractivity contribution in [1.29, 1.82) is 0 Å². The van der Waals surface area contributed by atoms with E-state index >= 15 is 0 Å². The number of rotatable bonds is 1. The van der Waals surface area contributed by atoms with Crippen molar-refractivity contribution < 1.29 is 4.79 Å². The number of allylic oxidation sites excluding steroid dienone is 1. The monoisotopic (exact) mass is 256 g/mol. The van der Waals surface area contributed by atoms with Crippen molar-refractivity contribution in [2.24, 2.45) is 5.73 Å². The maximum Gasteiger partial charge on any atom is 0.279 e. The van der Waals surface area contributed by atoms with Gasteiger partial charge in [-0.1, -0.05) is 44.7 Å². The standard InChI is InChI=1S/C13H24N2OS/c1-13(2,3)17-12(16)15-11-9-7-5-4-6-8-10(11)14/h5,7,10-11H,4,6,8-9,14H2,1-3H3,(H,15,16)/b7-5+. The molecule has 17 heavy (non-hydrogen) atoms. The maximum atomic E-state index is 11.8. The third kappa shape index (κ3) is 6.13. The van der Waals surface area contributed by atoms with Gasteiger partial charge in [-0.05, 0) is 25.7 Å². The zero-order valence-corrected chi connectivity index (χ0v) is 11.8. The molecule has 0 aromatic rings. The van der Waals surface area contributed by atoms with Crippen LogP contribution in [0.3, 0.4) is 0 Å². The average molecular weight is 256 g/mol. The lowest BCUT2D eigenvalue weighted by Gasteiger charge is -2.26. The van der Waals surface area contributed by atoms with Crippen LogP contribution in [0, 0.1) is 0 Å². The van der Waals surface area contributed by atoms with Crippen LogP contribution in [-0.4, -0.2) is 22.1 Å². The summed E-state index contributed by atoms with van der Waals surface area (Å²) in [4.78, 5) is 11.8. The highest BCUT2D eigenvalue weighted by Crippen LogP contribution is 2.24. The Bertz CT molecular complexity index is 284. The number of nitrogens with one attached hydrogen (secondary N) is 1. The molecule has 0 radical (unpaired) electrons. The molecule has 0 fully saturated rings. The van der Waals surface area contributed by atoms with E-state index in [4.69, 9.17) is 5.73 Å². The van der Waals surface area contributed by atoms with Crippen LogP contribution in [-0.2, 0) is 0 Å². The van der Waals surface area contributed by atoms with Gasteiger partial charge in [-0.15, -0.1) is 0 Å². The molecule has 3 N–H and O–H groups in total. The number of hydrogen-bond acceptors (Lipinski definition) is 3. The third-order valence-electron chi connectivity index (χ3n) is 2.68. The fourth-order valence-electron chi connectivity index (χ4n) is 1.83. The Morgan fingerprint density at radius 2 is 2.12 bits per heavy atom. The van der Waals surface area contributed by atoms with Crippen molar-refractivity contribution in [2.45, 2.75) is 63.3 Å². The summed E-state index contributed by atoms with van der Waals surface area (Å²) in [5.74, 6) is 0. The molecule has 0 heterocycles. The average Bonchev–Trinajstić information content (AvgIpc) is 2.15. The molecule has 1 aliphatic carbocycles. The first-order chi connectivity index (χ1) is 7.88. The van der Waals surface area contributed by atoms with E-state index in [1.807, 2.05) is 20.8 Å². The molecule has 4 heteroatoms. The van der Waals surface area contributed by atoms with Crippen LogP contribution in [0.15, 0.2) is 12.2 Å². The van der Waals surface area contributed by atoms with Crippen LogP contribution in [0.2, 0.25) is 0 Å². The second-order valence-electron chi connectivity index (χ2n) is 5.55. The minimum atomic E-state index is -0.0500. The van der Waals surface area contributed by atoms with Crippen molar-refractivity contribution in [2.75, 3.05) is 0 Å². The number of carbonyl (C=O) groups is 1. The Labute approximate surface area is 109 Å². The van der Waals surface area contributed by atoms with Gasteiger partial charge in [-0.25, -0.2) is 0 Å². The van der Waals surface area contributed by atoms with Gasteiger partial charge in [-0.2, -0.15) is 0 Å². The van der Waals surface area contributed by atoms with Gasteiger partial charge in [0, 0.05) is 16.8 Å². The van der Waals surface area contributed by atoms with Gasteiger partial charge in [0.2, 0.25) is 0 Å². The van der Waals surface area contributed by atoms with Gasteiger partial charge < -0.3 is 11.1 Å². The van der Waals surface area contributed by atoms with E-state index in [1.165, 1.54) is 11.8 Å². The summed E-state index contributed by atoms with van der Waals surface area (Å²) in [6.45, 7) is 6.11. The fourth-order valence-corrected chi connectivity index (χ4v) is 2.60. The Hall–Kier alpha value is -0.480. The highest BCUT2D eigenvalue weighted by atomic mass is 32.2. The number of amides is 1. The van der Waals surface area contributed by atoms with E-state index < -0.39 is 0 Å². The lowest BCUT2D eigenvalue weighted by molar-refractivity contribution is 0.254. The zero-order valence-electron chi connectivity index (χ0n) is 11.0. The first-order valence-electron chi connectivity index (χ1n) is 6.28. The molecule has 0 aromatic heterocycles. The zero-order chi connectivity index (χ0) is 12.9. The molecule has 1 amide bonds. The van der Waals surface area contributed by atoms with Gasteiger partial charge in [0.25, 0.3) is 5.24 Å². The number of thioether (sulfide) groups is 1. The van der Waals surface area contributed by atoms with E-state index in [0.29, 0.717) is 0 Å². The highest BCUT2D eigenvalue weighted by molar-refractivity contribution is 8.14. The Morgan fingerprint density at radius 1 is 1.41 bits per heavy atom. The molecule has 0 aliphatic heterocycles. The first-order valence-corrected chi connectivity index (χ1v) is 7.10. The Kier molecular flexibility index (Phi) is 5.53. The summed E-state index contributed by atoms with van der Waals surface area (Å²) in [6.07, 6.45) is 8.35. The molecule has 3 nitrogen and oxygen atoms in total.